The van der Waals surface area contributed by atoms with E-state index in [0.29, 0.717) is 12.1 Å². The highest BCUT2D eigenvalue weighted by molar-refractivity contribution is 5.95. The third-order valence-corrected chi connectivity index (χ3v) is 5.65. The SMILES string of the molecule is CCc1cccc(CNC[C@@H](O)[C@H](Cc2cc(F)cc(F)c2)NC(=O)CCC(=O)c2ccco2)c1. The van der Waals surface area contributed by atoms with Crippen LogP contribution in [0.2, 0.25) is 0 Å². The lowest BCUT2D eigenvalue weighted by molar-refractivity contribution is -0.122. The van der Waals surface area contributed by atoms with Crippen LogP contribution < -0.4 is 10.6 Å². The first-order chi connectivity index (χ1) is 16.8. The molecule has 0 aliphatic heterocycles. The summed E-state index contributed by atoms with van der Waals surface area (Å²) < 4.78 is 32.4. The van der Waals surface area contributed by atoms with Gasteiger partial charge in [0.05, 0.1) is 18.4 Å². The Bertz CT molecular complexity index is 1100. The Morgan fingerprint density at radius 2 is 1.71 bits per heavy atom. The molecule has 0 saturated carbocycles. The second-order valence-electron chi connectivity index (χ2n) is 8.43. The van der Waals surface area contributed by atoms with Crippen LogP contribution in [-0.4, -0.2) is 35.5 Å². The summed E-state index contributed by atoms with van der Waals surface area (Å²) in [4.78, 5) is 24.6. The monoisotopic (exact) mass is 484 g/mol. The van der Waals surface area contributed by atoms with Gasteiger partial charge in [-0.2, -0.15) is 0 Å². The average molecular weight is 485 g/mol. The molecule has 3 N–H and O–H groups in total. The minimum atomic E-state index is -1.04. The highest BCUT2D eigenvalue weighted by Gasteiger charge is 2.23. The molecule has 2 atom stereocenters. The normalized spacial score (nSPS) is 12.8. The molecule has 3 aromatic rings. The molecule has 0 spiro atoms. The Hall–Kier alpha value is -3.36. The number of ketones is 1. The predicted molar refractivity (Wildman–Crippen MR) is 128 cm³/mol. The van der Waals surface area contributed by atoms with Crippen molar-refractivity contribution in [2.75, 3.05) is 6.54 Å². The summed E-state index contributed by atoms with van der Waals surface area (Å²) in [7, 11) is 0. The number of hydrogen-bond acceptors (Lipinski definition) is 5. The molecule has 186 valence electrons. The molecule has 0 saturated heterocycles. The van der Waals surface area contributed by atoms with Crippen LogP contribution in [0.25, 0.3) is 0 Å². The van der Waals surface area contributed by atoms with Gasteiger partial charge in [-0.3, -0.25) is 9.59 Å². The first kappa shape index (κ1) is 26.2. The highest BCUT2D eigenvalue weighted by atomic mass is 19.1. The molecule has 0 radical (unpaired) electrons. The van der Waals surface area contributed by atoms with E-state index in [-0.39, 0.29) is 37.4 Å². The average Bonchev–Trinajstić information content (AvgIpc) is 3.37. The topological polar surface area (TPSA) is 91.6 Å². The smallest absolute Gasteiger partial charge is 0.220 e. The van der Waals surface area contributed by atoms with Crippen LogP contribution in [0.15, 0.2) is 65.3 Å². The molecule has 3 rings (SSSR count). The quantitative estimate of drug-likeness (QED) is 0.320. The number of amides is 1. The maximum Gasteiger partial charge on any atom is 0.220 e. The van der Waals surface area contributed by atoms with Crippen molar-refractivity contribution in [3.05, 3.63) is 94.9 Å². The molecule has 1 amide bonds. The molecule has 8 heteroatoms. The molecule has 1 heterocycles. The summed E-state index contributed by atoms with van der Waals surface area (Å²) in [6.45, 7) is 2.73. The highest BCUT2D eigenvalue weighted by Crippen LogP contribution is 2.13. The van der Waals surface area contributed by atoms with Crippen molar-refractivity contribution in [2.45, 2.75) is 51.3 Å². The Morgan fingerprint density at radius 3 is 2.40 bits per heavy atom. The summed E-state index contributed by atoms with van der Waals surface area (Å²) in [6.07, 6.45) is 1.09. The number of halogens is 2. The molecular formula is C27H30F2N2O4. The molecule has 2 aromatic carbocycles. The Labute approximate surface area is 203 Å². The number of aryl methyl sites for hydroxylation is 1. The van der Waals surface area contributed by atoms with Crippen LogP contribution in [0.5, 0.6) is 0 Å². The first-order valence-electron chi connectivity index (χ1n) is 11.6. The number of benzene rings is 2. The zero-order valence-corrected chi connectivity index (χ0v) is 19.6. The number of carbonyl (C=O) groups is 2. The molecule has 0 unspecified atom stereocenters. The fourth-order valence-corrected chi connectivity index (χ4v) is 3.80. The molecule has 35 heavy (non-hydrogen) atoms. The minimum Gasteiger partial charge on any atom is -0.461 e. The van der Waals surface area contributed by atoms with Crippen molar-refractivity contribution in [3.63, 3.8) is 0 Å². The number of aliphatic hydroxyl groups excluding tert-OH is 1. The van der Waals surface area contributed by atoms with Crippen molar-refractivity contribution in [3.8, 4) is 0 Å². The lowest BCUT2D eigenvalue weighted by Crippen LogP contribution is -2.48. The van der Waals surface area contributed by atoms with E-state index in [4.69, 9.17) is 4.42 Å². The van der Waals surface area contributed by atoms with Crippen LogP contribution in [0, 0.1) is 11.6 Å². The van der Waals surface area contributed by atoms with Gasteiger partial charge in [0.2, 0.25) is 5.91 Å². The maximum absolute atomic E-state index is 13.7. The molecular weight excluding hydrogens is 454 g/mol. The van der Waals surface area contributed by atoms with Crippen molar-refractivity contribution >= 4 is 11.7 Å². The molecule has 0 aliphatic rings. The summed E-state index contributed by atoms with van der Waals surface area (Å²) in [6, 6.07) is 13.4. The third kappa shape index (κ3) is 8.42. The van der Waals surface area contributed by atoms with Crippen LogP contribution in [0.4, 0.5) is 8.78 Å². The predicted octanol–water partition coefficient (Wildman–Crippen LogP) is 3.96. The minimum absolute atomic E-state index is 0.0146. The maximum atomic E-state index is 13.7. The number of rotatable bonds is 13. The van der Waals surface area contributed by atoms with E-state index in [0.717, 1.165) is 18.1 Å². The second-order valence-corrected chi connectivity index (χ2v) is 8.43. The van der Waals surface area contributed by atoms with Crippen LogP contribution >= 0.6 is 0 Å². The molecule has 1 aromatic heterocycles. The number of hydrogen-bond donors (Lipinski definition) is 3. The van der Waals surface area contributed by atoms with Gasteiger partial charge >= 0.3 is 0 Å². The molecule has 0 fully saturated rings. The lowest BCUT2D eigenvalue weighted by atomic mass is 10.00. The molecule has 0 aliphatic carbocycles. The lowest BCUT2D eigenvalue weighted by Gasteiger charge is -2.25. The number of nitrogens with one attached hydrogen (secondary N) is 2. The van der Waals surface area contributed by atoms with Gasteiger partial charge in [0.25, 0.3) is 0 Å². The van der Waals surface area contributed by atoms with Gasteiger partial charge in [0.1, 0.15) is 11.6 Å². The van der Waals surface area contributed by atoms with E-state index in [1.165, 1.54) is 30.0 Å². The van der Waals surface area contributed by atoms with E-state index < -0.39 is 29.7 Å². The van der Waals surface area contributed by atoms with Crippen LogP contribution in [-0.2, 0) is 24.2 Å². The zero-order valence-electron chi connectivity index (χ0n) is 19.6. The Morgan fingerprint density at radius 1 is 0.971 bits per heavy atom. The van der Waals surface area contributed by atoms with Crippen molar-refractivity contribution in [1.82, 2.24) is 10.6 Å². The van der Waals surface area contributed by atoms with E-state index >= 15 is 0 Å². The zero-order chi connectivity index (χ0) is 25.2. The third-order valence-electron chi connectivity index (χ3n) is 5.65. The van der Waals surface area contributed by atoms with Gasteiger partial charge in [0.15, 0.2) is 11.5 Å². The summed E-state index contributed by atoms with van der Waals surface area (Å²) in [5, 5.41) is 16.7. The van der Waals surface area contributed by atoms with Crippen LogP contribution in [0.1, 0.15) is 47.0 Å². The Kier molecular flexibility index (Phi) is 9.69. The van der Waals surface area contributed by atoms with Gasteiger partial charge in [-0.15, -0.1) is 0 Å². The summed E-state index contributed by atoms with van der Waals surface area (Å²) in [5.41, 5.74) is 2.56. The van der Waals surface area contributed by atoms with E-state index in [1.54, 1.807) is 6.07 Å². The van der Waals surface area contributed by atoms with Gasteiger partial charge in [-0.1, -0.05) is 31.2 Å². The molecule has 0 bridgehead atoms. The van der Waals surface area contributed by atoms with Crippen molar-refractivity contribution < 1.29 is 27.9 Å². The van der Waals surface area contributed by atoms with Crippen LogP contribution in [0.3, 0.4) is 0 Å². The fourth-order valence-electron chi connectivity index (χ4n) is 3.80. The number of furan rings is 1. The van der Waals surface area contributed by atoms with Gasteiger partial charge in [-0.05, 0) is 53.8 Å². The largest absolute Gasteiger partial charge is 0.461 e. The first-order valence-corrected chi connectivity index (χ1v) is 11.6. The summed E-state index contributed by atoms with van der Waals surface area (Å²) >= 11 is 0. The van der Waals surface area contributed by atoms with E-state index in [2.05, 4.69) is 23.6 Å². The molecule has 6 nitrogen and oxygen atoms in total. The van der Waals surface area contributed by atoms with Crippen molar-refractivity contribution in [2.24, 2.45) is 0 Å². The van der Waals surface area contributed by atoms with Crippen molar-refractivity contribution in [1.29, 1.82) is 0 Å². The van der Waals surface area contributed by atoms with Gasteiger partial charge in [0, 0.05) is 32.0 Å². The van der Waals surface area contributed by atoms with Gasteiger partial charge < -0.3 is 20.2 Å². The number of carbonyl (C=O) groups excluding carboxylic acids is 2. The number of aliphatic hydroxyl groups is 1. The standard InChI is InChI=1S/C27H30F2N2O4/c1-2-18-5-3-6-19(11-18)16-30-17-25(33)23(14-20-12-21(28)15-22(29)13-20)31-27(34)9-8-24(32)26-7-4-10-35-26/h3-7,10-13,15,23,25,30,33H,2,8-9,14,16-17H2,1H3,(H,31,34)/t23-,25+/m0/s1. The van der Waals surface area contributed by atoms with E-state index in [1.807, 2.05) is 18.2 Å². The summed E-state index contributed by atoms with van der Waals surface area (Å²) in [5.74, 6) is -2.08. The van der Waals surface area contributed by atoms with E-state index in [9.17, 15) is 23.5 Å². The second kappa shape index (κ2) is 12.9. The number of Topliss-reactive ketones (excluding diaryl/α,β-unsaturated/α-hetero) is 1. The van der Waals surface area contributed by atoms with Gasteiger partial charge in [-0.25, -0.2) is 8.78 Å². The fraction of sp³-hybridized carbons (Fsp3) is 0.333. The Balaban J connectivity index is 1.61.